The molecule has 17 heavy (non-hydrogen) atoms. The first kappa shape index (κ1) is 11.3. The zero-order valence-corrected chi connectivity index (χ0v) is 9.63. The number of hydrogen-bond donors (Lipinski definition) is 1. The number of nitrogens with one attached hydrogen (secondary N) is 1. The fraction of sp³-hybridized carbons (Fsp3) is 0.250. The summed E-state index contributed by atoms with van der Waals surface area (Å²) in [5.41, 5.74) is 0.987. The molecule has 88 valence electrons. The summed E-state index contributed by atoms with van der Waals surface area (Å²) in [6.45, 7) is 0.497. The number of carbonyl (C=O) groups excluding carboxylic acids is 1. The molecule has 0 fully saturated rings. The van der Waals surface area contributed by atoms with Gasteiger partial charge < -0.3 is 9.88 Å². The Balaban J connectivity index is 1.85. The van der Waals surface area contributed by atoms with E-state index in [1.807, 2.05) is 29.9 Å². The Kier molecular flexibility index (Phi) is 3.49. The second-order valence-corrected chi connectivity index (χ2v) is 3.77. The first-order valence-electron chi connectivity index (χ1n) is 5.37. The van der Waals surface area contributed by atoms with Crippen LogP contribution in [-0.2, 0) is 24.8 Å². The van der Waals surface area contributed by atoms with Crippen molar-refractivity contribution in [1.29, 1.82) is 0 Å². The third-order valence-electron chi connectivity index (χ3n) is 2.45. The summed E-state index contributed by atoms with van der Waals surface area (Å²) in [7, 11) is 1.87. The maximum atomic E-state index is 11.7. The molecule has 0 spiro atoms. The van der Waals surface area contributed by atoms with Crippen molar-refractivity contribution in [2.24, 2.45) is 7.05 Å². The van der Waals surface area contributed by atoms with Crippen molar-refractivity contribution >= 4 is 5.91 Å². The summed E-state index contributed by atoms with van der Waals surface area (Å²) in [5, 5.41) is 2.83. The van der Waals surface area contributed by atoms with Crippen LogP contribution >= 0.6 is 0 Å². The number of hydrogen-bond acceptors (Lipinski definition) is 3. The molecule has 2 aromatic heterocycles. The average molecular weight is 230 g/mol. The molecule has 2 rings (SSSR count). The number of amides is 1. The largest absolute Gasteiger partial charge is 0.352 e. The quantitative estimate of drug-likeness (QED) is 0.840. The highest BCUT2D eigenvalue weighted by molar-refractivity contribution is 5.77. The number of nitrogens with zero attached hydrogens (tertiary/aromatic N) is 3. The highest BCUT2D eigenvalue weighted by Gasteiger charge is 2.06. The Bertz CT molecular complexity index is 492. The summed E-state index contributed by atoms with van der Waals surface area (Å²) in [4.78, 5) is 19.7. The molecule has 0 saturated carbocycles. The maximum absolute atomic E-state index is 11.7. The molecule has 0 atom stereocenters. The molecule has 2 aromatic rings. The Labute approximate surface area is 99.5 Å². The molecule has 0 unspecified atom stereocenters. The summed E-state index contributed by atoms with van der Waals surface area (Å²) in [6, 6.07) is 3.77. The summed E-state index contributed by atoms with van der Waals surface area (Å²) in [6.07, 6.45) is 7.25. The van der Waals surface area contributed by atoms with Gasteiger partial charge in [0.1, 0.15) is 5.82 Å². The Hall–Kier alpha value is -2.17. The highest BCUT2D eigenvalue weighted by atomic mass is 16.1. The normalized spacial score (nSPS) is 10.2. The molecule has 1 amide bonds. The topological polar surface area (TPSA) is 59.8 Å². The first-order chi connectivity index (χ1) is 8.25. The van der Waals surface area contributed by atoms with Gasteiger partial charge in [-0.2, -0.15) is 0 Å². The van der Waals surface area contributed by atoms with Crippen molar-refractivity contribution in [3.8, 4) is 0 Å². The maximum Gasteiger partial charge on any atom is 0.227 e. The van der Waals surface area contributed by atoms with E-state index in [-0.39, 0.29) is 5.91 Å². The molecule has 0 aliphatic heterocycles. The SMILES string of the molecule is Cn1ccnc1CC(=O)NCc1cccnc1. The first-order valence-corrected chi connectivity index (χ1v) is 5.37. The molecule has 0 aliphatic rings. The van der Waals surface area contributed by atoms with Gasteiger partial charge >= 0.3 is 0 Å². The average Bonchev–Trinajstić information content (AvgIpc) is 2.74. The zero-order chi connectivity index (χ0) is 12.1. The van der Waals surface area contributed by atoms with E-state index in [1.165, 1.54) is 0 Å². The van der Waals surface area contributed by atoms with Crippen LogP contribution in [0.2, 0.25) is 0 Å². The van der Waals surface area contributed by atoms with Crippen molar-refractivity contribution in [2.45, 2.75) is 13.0 Å². The number of aromatic nitrogens is 3. The predicted octanol–water partition coefficient (Wildman–Crippen LogP) is 0.674. The van der Waals surface area contributed by atoms with Crippen LogP contribution in [0.5, 0.6) is 0 Å². The van der Waals surface area contributed by atoms with Crippen molar-refractivity contribution in [2.75, 3.05) is 0 Å². The minimum atomic E-state index is -0.0387. The van der Waals surface area contributed by atoms with Crippen molar-refractivity contribution in [1.82, 2.24) is 19.9 Å². The monoisotopic (exact) mass is 230 g/mol. The fourth-order valence-electron chi connectivity index (χ4n) is 1.48. The van der Waals surface area contributed by atoms with Gasteiger partial charge in [-0.15, -0.1) is 0 Å². The standard InChI is InChI=1S/C12H14N4O/c1-16-6-5-14-11(16)7-12(17)15-9-10-3-2-4-13-8-10/h2-6,8H,7,9H2,1H3,(H,15,17). The zero-order valence-electron chi connectivity index (χ0n) is 9.63. The van der Waals surface area contributed by atoms with Crippen LogP contribution in [0.15, 0.2) is 36.9 Å². The minimum absolute atomic E-state index is 0.0387. The predicted molar refractivity (Wildman–Crippen MR) is 63.0 cm³/mol. The van der Waals surface area contributed by atoms with Gasteiger partial charge in [0.2, 0.25) is 5.91 Å². The highest BCUT2D eigenvalue weighted by Crippen LogP contribution is 1.97. The second kappa shape index (κ2) is 5.25. The van der Waals surface area contributed by atoms with E-state index in [2.05, 4.69) is 15.3 Å². The lowest BCUT2D eigenvalue weighted by molar-refractivity contribution is -0.120. The van der Waals surface area contributed by atoms with Crippen molar-refractivity contribution in [3.05, 3.63) is 48.3 Å². The Morgan fingerprint density at radius 3 is 3.00 bits per heavy atom. The van der Waals surface area contributed by atoms with Crippen LogP contribution < -0.4 is 5.32 Å². The van der Waals surface area contributed by atoms with Gasteiger partial charge in [-0.25, -0.2) is 4.98 Å². The molecule has 2 heterocycles. The molecule has 0 bridgehead atoms. The van der Waals surface area contributed by atoms with Gasteiger partial charge in [-0.05, 0) is 11.6 Å². The second-order valence-electron chi connectivity index (χ2n) is 3.77. The Morgan fingerprint density at radius 1 is 1.47 bits per heavy atom. The van der Waals surface area contributed by atoms with Crippen LogP contribution in [0.4, 0.5) is 0 Å². The molecular weight excluding hydrogens is 216 g/mol. The molecule has 0 aromatic carbocycles. The molecule has 0 aliphatic carbocycles. The lowest BCUT2D eigenvalue weighted by Crippen LogP contribution is -2.25. The lowest BCUT2D eigenvalue weighted by Gasteiger charge is -2.05. The van der Waals surface area contributed by atoms with Crippen molar-refractivity contribution < 1.29 is 4.79 Å². The van der Waals surface area contributed by atoms with Crippen LogP contribution in [0, 0.1) is 0 Å². The molecule has 5 nitrogen and oxygen atoms in total. The molecule has 0 saturated heterocycles. The van der Waals surface area contributed by atoms with Crippen molar-refractivity contribution in [3.63, 3.8) is 0 Å². The van der Waals surface area contributed by atoms with Gasteiger partial charge in [0.05, 0.1) is 6.42 Å². The van der Waals surface area contributed by atoms with Gasteiger partial charge in [-0.3, -0.25) is 9.78 Å². The Morgan fingerprint density at radius 2 is 2.35 bits per heavy atom. The van der Waals surface area contributed by atoms with E-state index < -0.39 is 0 Å². The van der Waals surface area contributed by atoms with Crippen LogP contribution in [0.1, 0.15) is 11.4 Å². The van der Waals surface area contributed by atoms with Crippen LogP contribution in [0.3, 0.4) is 0 Å². The third-order valence-corrected chi connectivity index (χ3v) is 2.45. The fourth-order valence-corrected chi connectivity index (χ4v) is 1.48. The summed E-state index contributed by atoms with van der Waals surface area (Å²) >= 11 is 0. The molecule has 1 N–H and O–H groups in total. The van der Waals surface area contributed by atoms with E-state index in [9.17, 15) is 4.79 Å². The van der Waals surface area contributed by atoms with Gasteiger partial charge in [0.15, 0.2) is 0 Å². The molecule has 5 heteroatoms. The van der Waals surface area contributed by atoms with Gasteiger partial charge in [0.25, 0.3) is 0 Å². The molecule has 0 radical (unpaired) electrons. The number of pyridine rings is 1. The summed E-state index contributed by atoms with van der Waals surface area (Å²) in [5.74, 6) is 0.719. The third kappa shape index (κ3) is 3.14. The van der Waals surface area contributed by atoms with Gasteiger partial charge in [0, 0.05) is 38.4 Å². The van der Waals surface area contributed by atoms with E-state index in [0.29, 0.717) is 13.0 Å². The smallest absolute Gasteiger partial charge is 0.227 e. The number of aryl methyl sites for hydroxylation is 1. The van der Waals surface area contributed by atoms with E-state index in [4.69, 9.17) is 0 Å². The van der Waals surface area contributed by atoms with Crippen LogP contribution in [-0.4, -0.2) is 20.4 Å². The lowest BCUT2D eigenvalue weighted by atomic mass is 10.3. The van der Waals surface area contributed by atoms with Crippen LogP contribution in [0.25, 0.3) is 0 Å². The van der Waals surface area contributed by atoms with Gasteiger partial charge in [-0.1, -0.05) is 6.07 Å². The molecular formula is C12H14N4O. The minimum Gasteiger partial charge on any atom is -0.352 e. The number of rotatable bonds is 4. The number of imidazole rings is 1. The van der Waals surface area contributed by atoms with E-state index in [0.717, 1.165) is 11.4 Å². The number of carbonyl (C=O) groups is 1. The van der Waals surface area contributed by atoms with E-state index in [1.54, 1.807) is 18.6 Å². The van der Waals surface area contributed by atoms with E-state index >= 15 is 0 Å². The summed E-state index contributed by atoms with van der Waals surface area (Å²) < 4.78 is 1.84.